The van der Waals surface area contributed by atoms with Crippen molar-refractivity contribution in [1.29, 1.82) is 0 Å². The van der Waals surface area contributed by atoms with Crippen LogP contribution in [0.25, 0.3) is 10.9 Å². The fourth-order valence-corrected chi connectivity index (χ4v) is 2.88. The summed E-state index contributed by atoms with van der Waals surface area (Å²) in [6.07, 6.45) is 2.68. The van der Waals surface area contributed by atoms with E-state index < -0.39 is 0 Å². The molecule has 0 atom stereocenters. The summed E-state index contributed by atoms with van der Waals surface area (Å²) in [6, 6.07) is 15.5. The van der Waals surface area contributed by atoms with Gasteiger partial charge in [0.25, 0.3) is 5.91 Å². The van der Waals surface area contributed by atoms with Crippen molar-refractivity contribution in [2.24, 2.45) is 7.05 Å². The average Bonchev–Trinajstić information content (AvgIpc) is 2.91. The maximum atomic E-state index is 12.4. The van der Waals surface area contributed by atoms with Gasteiger partial charge in [-0.3, -0.25) is 4.79 Å². The molecule has 1 amide bonds. The molecule has 3 aromatic rings. The van der Waals surface area contributed by atoms with Crippen LogP contribution in [0, 0.1) is 0 Å². The van der Waals surface area contributed by atoms with Crippen molar-refractivity contribution < 1.29 is 4.79 Å². The number of carbonyl (C=O) groups excluding carboxylic acids is 1. The lowest BCUT2D eigenvalue weighted by molar-refractivity contribution is 0.0955. The first kappa shape index (κ1) is 14.7. The van der Waals surface area contributed by atoms with Crippen molar-refractivity contribution in [3.8, 4) is 0 Å². The summed E-state index contributed by atoms with van der Waals surface area (Å²) in [6.45, 7) is 0.559. The van der Waals surface area contributed by atoms with Crippen LogP contribution in [0.5, 0.6) is 0 Å². The molecule has 0 aliphatic rings. The van der Waals surface area contributed by atoms with E-state index in [1.165, 1.54) is 0 Å². The Balaban J connectivity index is 1.72. The van der Waals surface area contributed by atoms with Gasteiger partial charge in [-0.25, -0.2) is 0 Å². The van der Waals surface area contributed by atoms with Crippen molar-refractivity contribution in [2.75, 3.05) is 6.54 Å². The molecule has 0 spiro atoms. The van der Waals surface area contributed by atoms with Crippen LogP contribution in [-0.4, -0.2) is 17.0 Å². The van der Waals surface area contributed by atoms with E-state index in [-0.39, 0.29) is 5.91 Å². The Morgan fingerprint density at radius 1 is 1.14 bits per heavy atom. The van der Waals surface area contributed by atoms with Gasteiger partial charge in [0.1, 0.15) is 0 Å². The minimum Gasteiger partial charge on any atom is -0.352 e. The maximum Gasteiger partial charge on any atom is 0.253 e. The topological polar surface area (TPSA) is 34.0 Å². The van der Waals surface area contributed by atoms with E-state index in [1.807, 2.05) is 66.3 Å². The summed E-state index contributed by atoms with van der Waals surface area (Å²) >= 11 is 6.12. The van der Waals surface area contributed by atoms with Crippen LogP contribution in [-0.2, 0) is 13.5 Å². The second kappa shape index (κ2) is 6.24. The molecule has 0 radical (unpaired) electrons. The second-order valence-electron chi connectivity index (χ2n) is 5.27. The molecule has 3 nitrogen and oxygen atoms in total. The minimum absolute atomic E-state index is 0.0561. The Kier molecular flexibility index (Phi) is 4.16. The molecule has 1 aromatic heterocycles. The smallest absolute Gasteiger partial charge is 0.253 e. The molecule has 0 bridgehead atoms. The zero-order chi connectivity index (χ0) is 15.5. The monoisotopic (exact) mass is 312 g/mol. The third-order valence-corrected chi connectivity index (χ3v) is 4.15. The van der Waals surface area contributed by atoms with Gasteiger partial charge < -0.3 is 9.88 Å². The number of para-hydroxylation sites is 1. The Bertz CT molecular complexity index is 823. The zero-order valence-corrected chi connectivity index (χ0v) is 13.1. The van der Waals surface area contributed by atoms with E-state index in [1.54, 1.807) is 0 Å². The van der Waals surface area contributed by atoms with Crippen molar-refractivity contribution in [1.82, 2.24) is 9.88 Å². The minimum atomic E-state index is -0.0561. The van der Waals surface area contributed by atoms with Crippen LogP contribution in [0.2, 0.25) is 5.02 Å². The molecule has 0 aliphatic carbocycles. The maximum absolute atomic E-state index is 12.4. The molecule has 0 aliphatic heterocycles. The number of hydrogen-bond acceptors (Lipinski definition) is 1. The van der Waals surface area contributed by atoms with Gasteiger partial charge in [-0.1, -0.05) is 41.9 Å². The van der Waals surface area contributed by atoms with Gasteiger partial charge in [0.15, 0.2) is 0 Å². The van der Waals surface area contributed by atoms with Crippen LogP contribution >= 0.6 is 11.6 Å². The molecule has 0 saturated heterocycles. The number of rotatable bonds is 4. The number of halogens is 1. The number of aromatic nitrogens is 1. The Labute approximate surface area is 134 Å². The van der Waals surface area contributed by atoms with Gasteiger partial charge >= 0.3 is 0 Å². The predicted octanol–water partition coefficient (Wildman–Crippen LogP) is 3.80. The molecule has 1 N–H and O–H groups in total. The van der Waals surface area contributed by atoms with E-state index in [4.69, 9.17) is 11.6 Å². The number of benzene rings is 2. The molecule has 1 heterocycles. The lowest BCUT2D eigenvalue weighted by Crippen LogP contribution is -2.26. The third kappa shape index (κ3) is 2.85. The van der Waals surface area contributed by atoms with Gasteiger partial charge in [0, 0.05) is 30.2 Å². The summed E-state index contributed by atoms with van der Waals surface area (Å²) in [4.78, 5) is 12.4. The highest BCUT2D eigenvalue weighted by molar-refractivity contribution is 6.31. The Morgan fingerprint density at radius 3 is 2.77 bits per heavy atom. The molecule has 112 valence electrons. The zero-order valence-electron chi connectivity index (χ0n) is 12.3. The van der Waals surface area contributed by atoms with Gasteiger partial charge in [0.2, 0.25) is 0 Å². The SMILES string of the molecule is Cn1ccc2cccc(C(=O)NCCc3ccccc3Cl)c21. The Morgan fingerprint density at radius 2 is 1.95 bits per heavy atom. The normalized spacial score (nSPS) is 10.8. The lowest BCUT2D eigenvalue weighted by atomic mass is 10.1. The highest BCUT2D eigenvalue weighted by Crippen LogP contribution is 2.19. The summed E-state index contributed by atoms with van der Waals surface area (Å²) in [5.74, 6) is -0.0561. The Hall–Kier alpha value is -2.26. The fourth-order valence-electron chi connectivity index (χ4n) is 2.65. The van der Waals surface area contributed by atoms with Gasteiger partial charge in [-0.05, 0) is 30.2 Å². The predicted molar refractivity (Wildman–Crippen MR) is 90.4 cm³/mol. The number of carbonyl (C=O) groups is 1. The van der Waals surface area contributed by atoms with E-state index in [0.29, 0.717) is 18.5 Å². The number of nitrogens with zero attached hydrogens (tertiary/aromatic N) is 1. The number of fused-ring (bicyclic) bond motifs is 1. The highest BCUT2D eigenvalue weighted by atomic mass is 35.5. The summed E-state index contributed by atoms with van der Waals surface area (Å²) in [7, 11) is 1.95. The average molecular weight is 313 g/mol. The molecular weight excluding hydrogens is 296 g/mol. The highest BCUT2D eigenvalue weighted by Gasteiger charge is 2.11. The first-order valence-electron chi connectivity index (χ1n) is 7.22. The quantitative estimate of drug-likeness (QED) is 0.781. The third-order valence-electron chi connectivity index (χ3n) is 3.78. The van der Waals surface area contributed by atoms with Crippen molar-refractivity contribution in [3.63, 3.8) is 0 Å². The molecule has 3 rings (SSSR count). The van der Waals surface area contributed by atoms with Crippen molar-refractivity contribution >= 4 is 28.4 Å². The van der Waals surface area contributed by atoms with Crippen LogP contribution in [0.15, 0.2) is 54.7 Å². The summed E-state index contributed by atoms with van der Waals surface area (Å²) in [5, 5.41) is 4.78. The summed E-state index contributed by atoms with van der Waals surface area (Å²) in [5.41, 5.74) is 2.70. The molecule has 0 unspecified atom stereocenters. The van der Waals surface area contributed by atoms with Crippen molar-refractivity contribution in [2.45, 2.75) is 6.42 Å². The molecule has 4 heteroatoms. The fraction of sp³-hybridized carbons (Fsp3) is 0.167. The van der Waals surface area contributed by atoms with Crippen LogP contribution in [0.1, 0.15) is 15.9 Å². The standard InChI is InChI=1S/C18H17ClN2O/c1-21-12-10-14-6-4-7-15(17(14)21)18(22)20-11-9-13-5-2-3-8-16(13)19/h2-8,10,12H,9,11H2,1H3,(H,20,22). The largest absolute Gasteiger partial charge is 0.352 e. The molecule has 22 heavy (non-hydrogen) atoms. The van der Waals surface area contributed by atoms with E-state index >= 15 is 0 Å². The second-order valence-corrected chi connectivity index (χ2v) is 5.67. The number of amides is 1. The van der Waals surface area contributed by atoms with E-state index in [9.17, 15) is 4.79 Å². The van der Waals surface area contributed by atoms with Gasteiger partial charge in [-0.2, -0.15) is 0 Å². The summed E-state index contributed by atoms with van der Waals surface area (Å²) < 4.78 is 1.97. The van der Waals surface area contributed by atoms with Gasteiger partial charge in [0.05, 0.1) is 11.1 Å². The van der Waals surface area contributed by atoms with Gasteiger partial charge in [-0.15, -0.1) is 0 Å². The first-order valence-corrected chi connectivity index (χ1v) is 7.60. The van der Waals surface area contributed by atoms with Crippen LogP contribution in [0.4, 0.5) is 0 Å². The first-order chi connectivity index (χ1) is 10.7. The van der Waals surface area contributed by atoms with E-state index in [0.717, 1.165) is 21.5 Å². The molecule has 0 fully saturated rings. The van der Waals surface area contributed by atoms with Crippen LogP contribution in [0.3, 0.4) is 0 Å². The number of hydrogen-bond donors (Lipinski definition) is 1. The molecule has 2 aromatic carbocycles. The molecule has 0 saturated carbocycles. The van der Waals surface area contributed by atoms with E-state index in [2.05, 4.69) is 5.32 Å². The van der Waals surface area contributed by atoms with Crippen LogP contribution < -0.4 is 5.32 Å². The number of nitrogens with one attached hydrogen (secondary N) is 1. The lowest BCUT2D eigenvalue weighted by Gasteiger charge is -2.09. The number of aryl methyl sites for hydroxylation is 1. The molecular formula is C18H17ClN2O. The van der Waals surface area contributed by atoms with Crippen molar-refractivity contribution in [3.05, 3.63) is 70.9 Å².